The number of carbonyl (C=O) groups excluding carboxylic acids is 2. The molecule has 2 fully saturated rings. The zero-order valence-electron chi connectivity index (χ0n) is 9.72. The van der Waals surface area contributed by atoms with E-state index in [-0.39, 0.29) is 11.7 Å². The van der Waals surface area contributed by atoms with Crippen LogP contribution in [0.4, 0.5) is 0 Å². The summed E-state index contributed by atoms with van der Waals surface area (Å²) in [5.41, 5.74) is 0. The average molecular weight is 239 g/mol. The van der Waals surface area contributed by atoms with Crippen molar-refractivity contribution in [2.24, 2.45) is 5.92 Å². The van der Waals surface area contributed by atoms with Gasteiger partial charge >= 0.3 is 5.97 Å². The van der Waals surface area contributed by atoms with Gasteiger partial charge in [0.1, 0.15) is 6.04 Å². The Morgan fingerprint density at radius 3 is 2.24 bits per heavy atom. The van der Waals surface area contributed by atoms with Gasteiger partial charge in [0, 0.05) is 12.5 Å². The Morgan fingerprint density at radius 2 is 1.65 bits per heavy atom. The predicted molar refractivity (Wildman–Crippen MR) is 59.3 cm³/mol. The van der Waals surface area contributed by atoms with Gasteiger partial charge in [0.05, 0.1) is 0 Å². The van der Waals surface area contributed by atoms with E-state index in [2.05, 4.69) is 0 Å². The van der Waals surface area contributed by atoms with E-state index >= 15 is 0 Å². The van der Waals surface area contributed by atoms with Crippen molar-refractivity contribution < 1.29 is 19.5 Å². The zero-order chi connectivity index (χ0) is 12.4. The van der Waals surface area contributed by atoms with Crippen LogP contribution in [0.3, 0.4) is 0 Å². The molecule has 0 aromatic carbocycles. The van der Waals surface area contributed by atoms with Crippen LogP contribution in [0.5, 0.6) is 0 Å². The summed E-state index contributed by atoms with van der Waals surface area (Å²) in [5.74, 6) is -2.13. The fourth-order valence-electron chi connectivity index (χ4n) is 2.77. The smallest absolute Gasteiger partial charge is 0.326 e. The van der Waals surface area contributed by atoms with E-state index in [1.54, 1.807) is 0 Å². The first-order valence-electron chi connectivity index (χ1n) is 6.19. The van der Waals surface area contributed by atoms with Gasteiger partial charge in [0.25, 0.3) is 5.91 Å². The third-order valence-corrected chi connectivity index (χ3v) is 3.74. The maximum Gasteiger partial charge on any atom is 0.326 e. The van der Waals surface area contributed by atoms with Crippen molar-refractivity contribution in [2.75, 3.05) is 6.54 Å². The number of hydrogen-bond acceptors (Lipinski definition) is 3. The van der Waals surface area contributed by atoms with Gasteiger partial charge in [0.2, 0.25) is 5.78 Å². The van der Waals surface area contributed by atoms with Gasteiger partial charge in [-0.3, -0.25) is 9.59 Å². The fraction of sp³-hybridized carbons (Fsp3) is 0.750. The highest BCUT2D eigenvalue weighted by Crippen LogP contribution is 2.27. The van der Waals surface area contributed by atoms with Gasteiger partial charge in [0.15, 0.2) is 0 Å². The summed E-state index contributed by atoms with van der Waals surface area (Å²) < 4.78 is 0. The molecule has 0 aromatic rings. The standard InChI is InChI=1S/C12H17NO4/c14-10(8-4-1-2-5-8)11(15)13-7-3-6-9(13)12(16)17/h8-9H,1-7H2,(H,16,17). The van der Waals surface area contributed by atoms with Crippen molar-refractivity contribution >= 4 is 17.7 Å². The van der Waals surface area contributed by atoms with E-state index in [0.717, 1.165) is 25.7 Å². The minimum atomic E-state index is -1.00. The first-order valence-corrected chi connectivity index (χ1v) is 6.19. The molecule has 2 aliphatic rings. The average Bonchev–Trinajstić information content (AvgIpc) is 2.97. The second-order valence-electron chi connectivity index (χ2n) is 4.84. The molecule has 0 aromatic heterocycles. The number of carboxylic acids is 1. The summed E-state index contributed by atoms with van der Waals surface area (Å²) >= 11 is 0. The lowest BCUT2D eigenvalue weighted by molar-refractivity contribution is -0.153. The summed E-state index contributed by atoms with van der Waals surface area (Å²) in [5, 5.41) is 8.97. The monoisotopic (exact) mass is 239 g/mol. The molecule has 2 rings (SSSR count). The van der Waals surface area contributed by atoms with Gasteiger partial charge in [-0.15, -0.1) is 0 Å². The van der Waals surface area contributed by atoms with E-state index in [1.807, 2.05) is 0 Å². The van der Waals surface area contributed by atoms with Crippen molar-refractivity contribution in [1.29, 1.82) is 0 Å². The second kappa shape index (κ2) is 4.85. The molecule has 0 bridgehead atoms. The van der Waals surface area contributed by atoms with Gasteiger partial charge in [-0.1, -0.05) is 12.8 Å². The van der Waals surface area contributed by atoms with Crippen LogP contribution >= 0.6 is 0 Å². The van der Waals surface area contributed by atoms with Crippen molar-refractivity contribution in [3.8, 4) is 0 Å². The molecule has 1 saturated heterocycles. The summed E-state index contributed by atoms with van der Waals surface area (Å²) in [4.78, 5) is 36.1. The number of hydrogen-bond donors (Lipinski definition) is 1. The van der Waals surface area contributed by atoms with Gasteiger partial charge in [-0.2, -0.15) is 0 Å². The Labute approximate surface area is 99.8 Å². The van der Waals surface area contributed by atoms with E-state index in [4.69, 9.17) is 5.11 Å². The van der Waals surface area contributed by atoms with Crippen molar-refractivity contribution in [2.45, 2.75) is 44.6 Å². The van der Waals surface area contributed by atoms with Gasteiger partial charge in [-0.05, 0) is 25.7 Å². The molecule has 0 radical (unpaired) electrons. The number of likely N-dealkylation sites (tertiary alicyclic amines) is 1. The van der Waals surface area contributed by atoms with Crippen LogP contribution in [-0.4, -0.2) is 40.3 Å². The van der Waals surface area contributed by atoms with E-state index in [9.17, 15) is 14.4 Å². The number of nitrogens with zero attached hydrogens (tertiary/aromatic N) is 1. The molecule has 1 atom stereocenters. The molecule has 1 saturated carbocycles. The molecular formula is C12H17NO4. The highest BCUT2D eigenvalue weighted by atomic mass is 16.4. The van der Waals surface area contributed by atoms with Crippen molar-refractivity contribution in [1.82, 2.24) is 4.90 Å². The highest BCUT2D eigenvalue weighted by Gasteiger charge is 2.39. The van der Waals surface area contributed by atoms with Crippen LogP contribution in [0.2, 0.25) is 0 Å². The molecule has 5 heteroatoms. The van der Waals surface area contributed by atoms with E-state index in [1.165, 1.54) is 4.90 Å². The summed E-state index contributed by atoms with van der Waals surface area (Å²) in [6, 6.07) is -0.798. The predicted octanol–water partition coefficient (Wildman–Crippen LogP) is 0.821. The van der Waals surface area contributed by atoms with Crippen LogP contribution in [0.15, 0.2) is 0 Å². The van der Waals surface area contributed by atoms with Crippen LogP contribution < -0.4 is 0 Å². The molecular weight excluding hydrogens is 222 g/mol. The maximum atomic E-state index is 12.0. The maximum absolute atomic E-state index is 12.0. The fourth-order valence-corrected chi connectivity index (χ4v) is 2.77. The highest BCUT2D eigenvalue weighted by molar-refractivity contribution is 6.37. The number of amides is 1. The van der Waals surface area contributed by atoms with Crippen LogP contribution in [-0.2, 0) is 14.4 Å². The molecule has 1 unspecified atom stereocenters. The summed E-state index contributed by atoms with van der Waals surface area (Å²) in [6.45, 7) is 0.397. The van der Waals surface area contributed by atoms with Gasteiger partial charge in [-0.25, -0.2) is 4.79 Å². The lowest BCUT2D eigenvalue weighted by Gasteiger charge is -2.21. The molecule has 1 amide bonds. The zero-order valence-corrected chi connectivity index (χ0v) is 9.72. The van der Waals surface area contributed by atoms with Crippen LogP contribution in [0.25, 0.3) is 0 Å². The van der Waals surface area contributed by atoms with E-state index < -0.39 is 17.9 Å². The lowest BCUT2D eigenvalue weighted by Crippen LogP contribution is -2.45. The van der Waals surface area contributed by atoms with Crippen molar-refractivity contribution in [3.05, 3.63) is 0 Å². The molecule has 0 spiro atoms. The molecule has 1 aliphatic heterocycles. The number of Topliss-reactive ketones (excluding diaryl/α,β-unsaturated/α-hetero) is 1. The van der Waals surface area contributed by atoms with Crippen LogP contribution in [0.1, 0.15) is 38.5 Å². The Kier molecular flexibility index (Phi) is 3.45. The molecule has 17 heavy (non-hydrogen) atoms. The number of carboxylic acid groups (broad SMARTS) is 1. The first kappa shape index (κ1) is 12.1. The molecule has 94 valence electrons. The van der Waals surface area contributed by atoms with Gasteiger partial charge < -0.3 is 10.0 Å². The minimum Gasteiger partial charge on any atom is -0.480 e. The number of carbonyl (C=O) groups is 3. The number of aliphatic carboxylic acids is 1. The third kappa shape index (κ3) is 2.33. The SMILES string of the molecule is O=C(C(=O)N1CCCC1C(=O)O)C1CCCC1. The summed E-state index contributed by atoms with van der Waals surface area (Å²) in [7, 11) is 0. The number of ketones is 1. The lowest BCUT2D eigenvalue weighted by atomic mass is 10.0. The second-order valence-corrected chi connectivity index (χ2v) is 4.84. The quantitative estimate of drug-likeness (QED) is 0.740. The first-order chi connectivity index (χ1) is 8.11. The molecule has 1 N–H and O–H groups in total. The molecule has 1 heterocycles. The largest absolute Gasteiger partial charge is 0.480 e. The Bertz CT molecular complexity index is 346. The topological polar surface area (TPSA) is 74.7 Å². The van der Waals surface area contributed by atoms with E-state index in [0.29, 0.717) is 19.4 Å². The summed E-state index contributed by atoms with van der Waals surface area (Å²) in [6.07, 6.45) is 4.66. The molecule has 1 aliphatic carbocycles. The Hall–Kier alpha value is -1.39. The third-order valence-electron chi connectivity index (χ3n) is 3.74. The van der Waals surface area contributed by atoms with Crippen LogP contribution in [0, 0.1) is 5.92 Å². The Balaban J connectivity index is 2.03. The normalized spacial score (nSPS) is 25.2. The molecule has 5 nitrogen and oxygen atoms in total. The number of rotatable bonds is 3. The Morgan fingerprint density at radius 1 is 1.00 bits per heavy atom. The van der Waals surface area contributed by atoms with Crippen molar-refractivity contribution in [3.63, 3.8) is 0 Å². The minimum absolute atomic E-state index is 0.169.